The molecule has 0 saturated heterocycles. The number of carbonyl (C=O) groups is 1. The molecule has 12 heavy (non-hydrogen) atoms. The van der Waals surface area contributed by atoms with Gasteiger partial charge in [-0.15, -0.1) is 0 Å². The lowest BCUT2D eigenvalue weighted by molar-refractivity contribution is -0.154. The average Bonchev–Trinajstić information content (AvgIpc) is 2.51. The van der Waals surface area contributed by atoms with Gasteiger partial charge in [-0.05, 0) is 19.3 Å². The fourth-order valence-electron chi connectivity index (χ4n) is 1.59. The third kappa shape index (κ3) is 2.48. The second kappa shape index (κ2) is 4.45. The molecule has 0 aromatic heterocycles. The van der Waals surface area contributed by atoms with E-state index in [1.165, 1.54) is 12.8 Å². The average molecular weight is 172 g/mol. The Balaban J connectivity index is 2.30. The molecule has 0 amide bonds. The van der Waals surface area contributed by atoms with Crippen LogP contribution >= 0.6 is 0 Å². The largest absolute Gasteiger partial charge is 0.479 e. The summed E-state index contributed by atoms with van der Waals surface area (Å²) >= 11 is 0. The molecule has 70 valence electrons. The molecule has 0 aliphatic heterocycles. The van der Waals surface area contributed by atoms with Crippen LogP contribution in [0.2, 0.25) is 0 Å². The first-order valence-electron chi connectivity index (χ1n) is 4.62. The van der Waals surface area contributed by atoms with Crippen LogP contribution in [0.3, 0.4) is 0 Å². The Bertz CT molecular complexity index is 150. The normalized spacial score (nSPS) is 21.1. The van der Waals surface area contributed by atoms with E-state index in [0.29, 0.717) is 6.42 Å². The van der Waals surface area contributed by atoms with Gasteiger partial charge in [0.15, 0.2) is 6.10 Å². The van der Waals surface area contributed by atoms with E-state index in [0.717, 1.165) is 12.8 Å². The molecule has 0 bridgehead atoms. The van der Waals surface area contributed by atoms with Crippen molar-refractivity contribution < 1.29 is 14.6 Å². The molecular weight excluding hydrogens is 156 g/mol. The summed E-state index contributed by atoms with van der Waals surface area (Å²) in [5.74, 6) is -0.829. The summed E-state index contributed by atoms with van der Waals surface area (Å²) in [6.07, 6.45) is 4.60. The van der Waals surface area contributed by atoms with Crippen molar-refractivity contribution in [3.63, 3.8) is 0 Å². The van der Waals surface area contributed by atoms with Gasteiger partial charge in [0.25, 0.3) is 0 Å². The topological polar surface area (TPSA) is 46.5 Å². The fraction of sp³-hybridized carbons (Fsp3) is 0.889. The molecule has 0 aromatic carbocycles. The van der Waals surface area contributed by atoms with Crippen LogP contribution in [-0.2, 0) is 9.53 Å². The van der Waals surface area contributed by atoms with E-state index in [4.69, 9.17) is 9.84 Å². The fourth-order valence-corrected chi connectivity index (χ4v) is 1.59. The van der Waals surface area contributed by atoms with E-state index in [-0.39, 0.29) is 6.10 Å². The molecule has 3 heteroatoms. The Morgan fingerprint density at radius 3 is 2.58 bits per heavy atom. The SMILES string of the molecule is CC[C@@H](OC1CCCC1)C(=O)O. The summed E-state index contributed by atoms with van der Waals surface area (Å²) in [5.41, 5.74) is 0. The molecule has 0 spiro atoms. The maximum absolute atomic E-state index is 10.6. The summed E-state index contributed by atoms with van der Waals surface area (Å²) in [4.78, 5) is 10.6. The molecule has 1 saturated carbocycles. The molecular formula is C9H16O3. The Morgan fingerprint density at radius 1 is 1.58 bits per heavy atom. The summed E-state index contributed by atoms with van der Waals surface area (Å²) in [6.45, 7) is 1.84. The lowest BCUT2D eigenvalue weighted by Gasteiger charge is -2.16. The first kappa shape index (κ1) is 9.52. The second-order valence-electron chi connectivity index (χ2n) is 3.28. The first-order valence-corrected chi connectivity index (χ1v) is 4.62. The van der Waals surface area contributed by atoms with Gasteiger partial charge in [-0.1, -0.05) is 19.8 Å². The summed E-state index contributed by atoms with van der Waals surface area (Å²) < 4.78 is 5.42. The van der Waals surface area contributed by atoms with Crippen LogP contribution < -0.4 is 0 Å². The smallest absolute Gasteiger partial charge is 0.332 e. The van der Waals surface area contributed by atoms with Gasteiger partial charge in [0.05, 0.1) is 6.10 Å². The van der Waals surface area contributed by atoms with Gasteiger partial charge in [0.2, 0.25) is 0 Å². The number of rotatable bonds is 4. The highest BCUT2D eigenvalue weighted by Gasteiger charge is 2.23. The molecule has 1 atom stereocenters. The molecule has 3 nitrogen and oxygen atoms in total. The van der Waals surface area contributed by atoms with Crippen LogP contribution in [0.15, 0.2) is 0 Å². The number of ether oxygens (including phenoxy) is 1. The number of aliphatic carboxylic acids is 1. The van der Waals surface area contributed by atoms with Gasteiger partial charge in [0.1, 0.15) is 0 Å². The molecule has 0 radical (unpaired) electrons. The molecule has 1 fully saturated rings. The lowest BCUT2D eigenvalue weighted by Crippen LogP contribution is -2.27. The predicted octanol–water partition coefficient (Wildman–Crippen LogP) is 1.81. The number of carboxylic acid groups (broad SMARTS) is 1. The van der Waals surface area contributed by atoms with E-state index in [9.17, 15) is 4.79 Å². The minimum absolute atomic E-state index is 0.200. The number of hydrogen-bond donors (Lipinski definition) is 1. The molecule has 0 aromatic rings. The van der Waals surface area contributed by atoms with Gasteiger partial charge in [-0.3, -0.25) is 0 Å². The van der Waals surface area contributed by atoms with Gasteiger partial charge >= 0.3 is 5.97 Å². The molecule has 0 unspecified atom stereocenters. The zero-order valence-corrected chi connectivity index (χ0v) is 7.45. The highest BCUT2D eigenvalue weighted by atomic mass is 16.5. The number of hydrogen-bond acceptors (Lipinski definition) is 2. The van der Waals surface area contributed by atoms with Crippen LogP contribution in [0.25, 0.3) is 0 Å². The Hall–Kier alpha value is -0.570. The second-order valence-corrected chi connectivity index (χ2v) is 3.28. The van der Waals surface area contributed by atoms with Crippen LogP contribution in [-0.4, -0.2) is 23.3 Å². The van der Waals surface area contributed by atoms with Crippen LogP contribution in [0.4, 0.5) is 0 Å². The Morgan fingerprint density at radius 2 is 2.17 bits per heavy atom. The van der Waals surface area contributed by atoms with E-state index in [1.54, 1.807) is 0 Å². The predicted molar refractivity (Wildman–Crippen MR) is 45.1 cm³/mol. The highest BCUT2D eigenvalue weighted by Crippen LogP contribution is 2.22. The first-order chi connectivity index (χ1) is 5.74. The minimum Gasteiger partial charge on any atom is -0.479 e. The summed E-state index contributed by atoms with van der Waals surface area (Å²) in [5, 5.41) is 8.71. The van der Waals surface area contributed by atoms with Crippen molar-refractivity contribution in [3.05, 3.63) is 0 Å². The maximum atomic E-state index is 10.6. The van der Waals surface area contributed by atoms with Crippen LogP contribution in [0.5, 0.6) is 0 Å². The number of carboxylic acids is 1. The Labute approximate surface area is 72.7 Å². The van der Waals surface area contributed by atoms with Gasteiger partial charge in [0, 0.05) is 0 Å². The van der Waals surface area contributed by atoms with E-state index in [1.807, 2.05) is 6.92 Å². The van der Waals surface area contributed by atoms with Crippen molar-refractivity contribution in [1.29, 1.82) is 0 Å². The minimum atomic E-state index is -0.829. The van der Waals surface area contributed by atoms with Crippen molar-refractivity contribution in [2.45, 2.75) is 51.2 Å². The van der Waals surface area contributed by atoms with Crippen LogP contribution in [0.1, 0.15) is 39.0 Å². The zero-order chi connectivity index (χ0) is 8.97. The van der Waals surface area contributed by atoms with Gasteiger partial charge in [-0.25, -0.2) is 4.79 Å². The van der Waals surface area contributed by atoms with Crippen molar-refractivity contribution >= 4 is 5.97 Å². The van der Waals surface area contributed by atoms with Crippen LogP contribution in [0, 0.1) is 0 Å². The third-order valence-corrected chi connectivity index (χ3v) is 2.31. The Kier molecular flexibility index (Phi) is 3.53. The standard InChI is InChI=1S/C9H16O3/c1-2-8(9(10)11)12-7-5-3-4-6-7/h7-8H,2-6H2,1H3,(H,10,11)/t8-/m1/s1. The monoisotopic (exact) mass is 172 g/mol. The molecule has 0 heterocycles. The molecule has 1 aliphatic carbocycles. The van der Waals surface area contributed by atoms with Crippen molar-refractivity contribution in [3.8, 4) is 0 Å². The van der Waals surface area contributed by atoms with Crippen molar-refractivity contribution in [1.82, 2.24) is 0 Å². The third-order valence-electron chi connectivity index (χ3n) is 2.31. The zero-order valence-electron chi connectivity index (χ0n) is 7.45. The summed E-state index contributed by atoms with van der Waals surface area (Å²) in [7, 11) is 0. The van der Waals surface area contributed by atoms with E-state index in [2.05, 4.69) is 0 Å². The highest BCUT2D eigenvalue weighted by molar-refractivity contribution is 5.72. The molecule has 1 N–H and O–H groups in total. The lowest BCUT2D eigenvalue weighted by atomic mass is 10.2. The quantitative estimate of drug-likeness (QED) is 0.703. The maximum Gasteiger partial charge on any atom is 0.332 e. The molecule has 1 aliphatic rings. The summed E-state index contributed by atoms with van der Waals surface area (Å²) in [6, 6.07) is 0. The van der Waals surface area contributed by atoms with Gasteiger partial charge < -0.3 is 9.84 Å². The van der Waals surface area contributed by atoms with E-state index >= 15 is 0 Å². The van der Waals surface area contributed by atoms with Gasteiger partial charge in [-0.2, -0.15) is 0 Å². The van der Waals surface area contributed by atoms with Crippen molar-refractivity contribution in [2.24, 2.45) is 0 Å². The van der Waals surface area contributed by atoms with Crippen molar-refractivity contribution in [2.75, 3.05) is 0 Å². The molecule has 1 rings (SSSR count). The van der Waals surface area contributed by atoms with E-state index < -0.39 is 12.1 Å².